The van der Waals surface area contributed by atoms with E-state index in [9.17, 15) is 25.2 Å². The molecule has 12 unspecified atom stereocenters. The highest BCUT2D eigenvalue weighted by Gasteiger charge is 2.46. The lowest BCUT2D eigenvalue weighted by molar-refractivity contribution is -0.267. The third-order valence-corrected chi connectivity index (χ3v) is 8.66. The zero-order chi connectivity index (χ0) is 29.8. The molecule has 0 aromatic rings. The van der Waals surface area contributed by atoms with Crippen LogP contribution in [-0.2, 0) is 19.0 Å². The molecule has 0 amide bonds. The summed E-state index contributed by atoms with van der Waals surface area (Å²) in [6.45, 7) is 12.9. The van der Waals surface area contributed by atoms with Crippen LogP contribution < -0.4 is 0 Å². The molecule has 0 spiro atoms. The van der Waals surface area contributed by atoms with Crippen molar-refractivity contribution in [1.29, 1.82) is 0 Å². The maximum atomic E-state index is 13.1. The Hall–Kier alpha value is -1.11. The van der Waals surface area contributed by atoms with Crippen LogP contribution in [0.1, 0.15) is 67.7 Å². The fraction of sp³-hybridized carbons (Fsp3) is 0.897. The van der Waals surface area contributed by atoms with Gasteiger partial charge in [-0.1, -0.05) is 13.8 Å². The Morgan fingerprint density at radius 3 is 2.26 bits per heavy atom. The molecule has 0 aromatic carbocycles. The highest BCUT2D eigenvalue weighted by Crippen LogP contribution is 2.35. The van der Waals surface area contributed by atoms with Crippen LogP contribution >= 0.6 is 0 Å². The van der Waals surface area contributed by atoms with Gasteiger partial charge in [0.1, 0.15) is 18.0 Å². The smallest absolute Gasteiger partial charge is 0.316 e. The Morgan fingerprint density at radius 1 is 1.08 bits per heavy atom. The standard InChI is InChI=1S/C29H54N2O8/c1-11-22-26(34)25(33)20(6)31(10)15-16(2)14-29(7,36)27(18(4)24(32)19(5)28(35)38-22)39-23-13-21(30(8)9)12-17(3)37-23/h11,16-21,23-27,32-34,36H,12-15H2,1-10H3. The molecule has 228 valence electrons. The fourth-order valence-electron chi connectivity index (χ4n) is 6.09. The molecule has 0 bridgehead atoms. The number of hydrogen-bond donors (Lipinski definition) is 4. The zero-order valence-corrected chi connectivity index (χ0v) is 25.6. The van der Waals surface area contributed by atoms with Crippen molar-refractivity contribution in [2.45, 2.75) is 122 Å². The summed E-state index contributed by atoms with van der Waals surface area (Å²) in [5, 5.41) is 44.9. The lowest BCUT2D eigenvalue weighted by Gasteiger charge is -2.45. The molecule has 2 aliphatic heterocycles. The molecule has 0 aliphatic carbocycles. The van der Waals surface area contributed by atoms with Gasteiger partial charge in [-0.3, -0.25) is 4.79 Å². The average Bonchev–Trinajstić information content (AvgIpc) is 2.86. The number of allylic oxidation sites excluding steroid dienone is 1. The molecule has 0 saturated carbocycles. The van der Waals surface area contributed by atoms with Gasteiger partial charge in [0, 0.05) is 31.0 Å². The van der Waals surface area contributed by atoms with E-state index < -0.39 is 60.2 Å². The number of ether oxygens (including phenoxy) is 3. The number of nitrogens with zero attached hydrogens (tertiary/aromatic N) is 2. The molecule has 2 heterocycles. The highest BCUT2D eigenvalue weighted by atomic mass is 16.7. The van der Waals surface area contributed by atoms with E-state index in [1.165, 1.54) is 6.08 Å². The van der Waals surface area contributed by atoms with Crippen LogP contribution in [0.5, 0.6) is 0 Å². The Balaban J connectivity index is 2.46. The third kappa shape index (κ3) is 8.69. The van der Waals surface area contributed by atoms with Crippen molar-refractivity contribution in [2.24, 2.45) is 17.8 Å². The number of carbonyl (C=O) groups is 1. The number of carbonyl (C=O) groups excluding carboxylic acids is 1. The lowest BCUT2D eigenvalue weighted by atomic mass is 9.78. The topological polar surface area (TPSA) is 132 Å². The Labute approximate surface area is 234 Å². The second-order valence-corrected chi connectivity index (χ2v) is 12.6. The van der Waals surface area contributed by atoms with Crippen molar-refractivity contribution in [3.05, 3.63) is 11.8 Å². The average molecular weight is 559 g/mol. The number of rotatable bonds is 3. The van der Waals surface area contributed by atoms with Crippen molar-refractivity contribution < 1.29 is 39.4 Å². The van der Waals surface area contributed by atoms with Crippen LogP contribution in [0.2, 0.25) is 0 Å². The van der Waals surface area contributed by atoms with Crippen molar-refractivity contribution in [3.63, 3.8) is 0 Å². The number of likely N-dealkylation sites (N-methyl/N-ethyl adjacent to an activating group) is 1. The molecule has 12 atom stereocenters. The quantitative estimate of drug-likeness (QED) is 0.380. The summed E-state index contributed by atoms with van der Waals surface area (Å²) in [5.41, 5.74) is -1.38. The lowest BCUT2D eigenvalue weighted by Crippen LogP contribution is -2.54. The van der Waals surface area contributed by atoms with Crippen LogP contribution in [0.25, 0.3) is 0 Å². The van der Waals surface area contributed by atoms with Crippen LogP contribution in [0.4, 0.5) is 0 Å². The van der Waals surface area contributed by atoms with Crippen LogP contribution in [-0.4, -0.2) is 118 Å². The Morgan fingerprint density at radius 2 is 1.69 bits per heavy atom. The first-order chi connectivity index (χ1) is 18.0. The molecular weight excluding hydrogens is 504 g/mol. The first-order valence-corrected chi connectivity index (χ1v) is 14.3. The summed E-state index contributed by atoms with van der Waals surface area (Å²) < 4.78 is 18.1. The molecule has 10 nitrogen and oxygen atoms in total. The fourth-order valence-corrected chi connectivity index (χ4v) is 6.09. The number of esters is 1. The minimum Gasteiger partial charge on any atom is -0.428 e. The summed E-state index contributed by atoms with van der Waals surface area (Å²) in [7, 11) is 5.88. The SMILES string of the molecule is CC=C1OC(=O)C(C)C(O)C(C)C(OC2CC(N(C)C)CC(C)O2)C(C)(O)CC(C)CN(C)C(C)C(O)C1O. The van der Waals surface area contributed by atoms with Crippen LogP contribution in [0, 0.1) is 17.8 Å². The number of hydrogen-bond acceptors (Lipinski definition) is 10. The van der Waals surface area contributed by atoms with E-state index in [1.54, 1.807) is 34.6 Å². The number of aliphatic hydroxyl groups is 4. The van der Waals surface area contributed by atoms with Gasteiger partial charge in [-0.25, -0.2) is 0 Å². The van der Waals surface area contributed by atoms with Gasteiger partial charge in [-0.05, 0) is 80.6 Å². The van der Waals surface area contributed by atoms with Crippen molar-refractivity contribution >= 4 is 5.97 Å². The second-order valence-electron chi connectivity index (χ2n) is 12.6. The van der Waals surface area contributed by atoms with Gasteiger partial charge in [0.25, 0.3) is 0 Å². The largest absolute Gasteiger partial charge is 0.428 e. The van der Waals surface area contributed by atoms with Gasteiger partial charge in [-0.2, -0.15) is 0 Å². The third-order valence-electron chi connectivity index (χ3n) is 8.66. The van der Waals surface area contributed by atoms with Gasteiger partial charge >= 0.3 is 5.97 Å². The van der Waals surface area contributed by atoms with Crippen LogP contribution in [0.15, 0.2) is 11.8 Å². The summed E-state index contributed by atoms with van der Waals surface area (Å²) in [6.07, 6.45) is -2.09. The monoisotopic (exact) mass is 558 g/mol. The van der Waals surface area contributed by atoms with Crippen molar-refractivity contribution in [3.8, 4) is 0 Å². The van der Waals surface area contributed by atoms with E-state index in [0.29, 0.717) is 19.4 Å². The van der Waals surface area contributed by atoms with E-state index in [2.05, 4.69) is 4.90 Å². The predicted octanol–water partition coefficient (Wildman–Crippen LogP) is 1.74. The number of cyclic esters (lactones) is 1. The van der Waals surface area contributed by atoms with Gasteiger partial charge in [-0.15, -0.1) is 0 Å². The summed E-state index contributed by atoms with van der Waals surface area (Å²) in [4.78, 5) is 17.1. The molecule has 4 N–H and O–H groups in total. The summed E-state index contributed by atoms with van der Waals surface area (Å²) in [6, 6.07) is -0.230. The first kappa shape index (κ1) is 34.1. The van der Waals surface area contributed by atoms with E-state index in [4.69, 9.17) is 14.2 Å². The molecule has 2 saturated heterocycles. The normalized spacial score (nSPS) is 45.6. The predicted molar refractivity (Wildman–Crippen MR) is 149 cm³/mol. The van der Waals surface area contributed by atoms with Crippen molar-refractivity contribution in [1.82, 2.24) is 9.80 Å². The molecule has 2 aliphatic rings. The molecular formula is C29H54N2O8. The molecule has 2 fully saturated rings. The second kappa shape index (κ2) is 14.2. The molecule has 2 rings (SSSR count). The minimum absolute atomic E-state index is 0.0328. The molecule has 10 heteroatoms. The number of aliphatic hydroxyl groups excluding tert-OH is 3. The molecule has 0 radical (unpaired) electrons. The van der Waals surface area contributed by atoms with Gasteiger partial charge < -0.3 is 44.4 Å². The first-order valence-electron chi connectivity index (χ1n) is 14.3. The van der Waals surface area contributed by atoms with Crippen molar-refractivity contribution in [2.75, 3.05) is 27.7 Å². The minimum atomic E-state index is -1.42. The van der Waals surface area contributed by atoms with E-state index >= 15 is 0 Å². The van der Waals surface area contributed by atoms with E-state index in [1.807, 2.05) is 39.9 Å². The molecule has 39 heavy (non-hydrogen) atoms. The maximum Gasteiger partial charge on any atom is 0.316 e. The van der Waals surface area contributed by atoms with Gasteiger partial charge in [0.2, 0.25) is 0 Å². The van der Waals surface area contributed by atoms with E-state index in [-0.39, 0.29) is 23.8 Å². The Bertz CT molecular complexity index is 821. The zero-order valence-electron chi connectivity index (χ0n) is 25.6. The summed E-state index contributed by atoms with van der Waals surface area (Å²) in [5.74, 6) is -2.51. The summed E-state index contributed by atoms with van der Waals surface area (Å²) >= 11 is 0. The van der Waals surface area contributed by atoms with Gasteiger partial charge in [0.05, 0.1) is 29.8 Å². The van der Waals surface area contributed by atoms with Crippen LogP contribution in [0.3, 0.4) is 0 Å². The van der Waals surface area contributed by atoms with Gasteiger partial charge in [0.15, 0.2) is 6.29 Å². The Kier molecular flexibility index (Phi) is 12.4. The maximum absolute atomic E-state index is 13.1. The highest BCUT2D eigenvalue weighted by molar-refractivity contribution is 5.74. The van der Waals surface area contributed by atoms with E-state index in [0.717, 1.165) is 6.42 Å². The molecule has 0 aromatic heterocycles.